The van der Waals surface area contributed by atoms with Crippen molar-refractivity contribution in [3.63, 3.8) is 0 Å². The molecule has 6 N–H and O–H groups in total. The Kier molecular flexibility index (Phi) is 54.9. The van der Waals surface area contributed by atoms with Gasteiger partial charge in [0.05, 0.1) is 20.8 Å². The molecular formula is C91H109N9O17. The smallest absolute Gasteiger partial charge is 0.334 e. The van der Waals surface area contributed by atoms with Crippen LogP contribution in [0.2, 0.25) is 0 Å². The molecule has 26 heteroatoms. The van der Waals surface area contributed by atoms with Gasteiger partial charge in [-0.3, -0.25) is 63.9 Å². The van der Waals surface area contributed by atoms with Crippen LogP contribution in [-0.4, -0.2) is 112 Å². The lowest BCUT2D eigenvalue weighted by Crippen LogP contribution is -2.32. The summed E-state index contributed by atoms with van der Waals surface area (Å²) in [7, 11) is 0. The fraction of sp³-hybridized carbons (Fsp3) is 0.264. The van der Waals surface area contributed by atoms with Crippen LogP contribution < -0.4 is 27.0 Å². The zero-order valence-corrected chi connectivity index (χ0v) is 67.6. The van der Waals surface area contributed by atoms with Gasteiger partial charge >= 0.3 is 11.9 Å². The molecule has 0 bridgehead atoms. The molecule has 0 saturated carbocycles. The number of hydrogen-bond donors (Lipinski definition) is 5. The standard InChI is InChI=1S/2C15H23NO.C12H13NO3.C11H11NO3.C11H15NO.C8H8O.C7H7NO.C6H4N2O4.C6H5NO2/c1-3-5-9-13(4-2)12-16-15(17)14-10-7-6-8-11-14;1-3-5-12-16(13-6-4-2)15(17)14-10-8-7-9-11-14;1-9(2)12(15)16-8-13-11(14)10-6-4-3-5-7-10;1-2-10(13)15-8-12-11(14)9-6-4-3-5-7-9;1-2-3-9-12-11(13)10-7-5-4-6-8-10;1-7(9)8-5-3-2-4-6-8;8-7(9)6-4-2-1-3-5-6;9-7(10)5-2-1-3-6(4-5)8(11)12;8-7(9)6-4-2-1-3-5-6/h6-8,10-11,13H,3-5,9,12H2,1-2H3,(H,16,17);7-11H,3-6,12-13H2,1-2H3;3-7H,1,8H2,2H3,(H,13,14);2-7H,1,8H2,(H,12,14);4-8H,2-3,9H2,1H3,(H,12,13);2-6H,1H3;1-5H,(H2,8,9);1-4H;1-5H. The number of nitrogens with two attached hydrogens (primary N) is 1. The van der Waals surface area contributed by atoms with E-state index in [0.717, 1.165) is 106 Å². The van der Waals surface area contributed by atoms with E-state index in [1.807, 2.05) is 144 Å². The molecule has 117 heavy (non-hydrogen) atoms. The maximum absolute atomic E-state index is 12.3. The third-order valence-corrected chi connectivity index (χ3v) is 15.8. The molecule has 1 atom stereocenters. The van der Waals surface area contributed by atoms with Gasteiger partial charge in [-0.1, -0.05) is 244 Å². The monoisotopic (exact) mass is 1600 g/mol. The molecule has 0 heterocycles. The Morgan fingerprint density at radius 2 is 0.744 bits per heavy atom. The van der Waals surface area contributed by atoms with Crippen LogP contribution in [0, 0.1) is 36.3 Å². The summed E-state index contributed by atoms with van der Waals surface area (Å²) < 4.78 is 9.32. The molecule has 0 radical (unpaired) electrons. The number of benzene rings is 9. The van der Waals surface area contributed by atoms with Crippen LogP contribution in [-0.2, 0) is 19.1 Å². The van der Waals surface area contributed by atoms with E-state index in [9.17, 15) is 73.5 Å². The van der Waals surface area contributed by atoms with Crippen LogP contribution in [0.1, 0.15) is 185 Å². The number of para-hydroxylation sites is 1. The average Bonchev–Trinajstić information content (AvgIpc) is 0.880. The van der Waals surface area contributed by atoms with Crippen LogP contribution in [0.4, 0.5) is 17.1 Å². The molecule has 9 aromatic carbocycles. The SMILES string of the molecule is C=C(C)C(=O)OCNC(=O)c1ccccc1.C=CC(=O)OCNC(=O)c1ccccc1.CC(=O)c1ccccc1.CCCCC(CC)CNC(=O)c1ccccc1.CCCCN(CCCC)C(=O)c1ccccc1.CCCCNC(=O)c1ccccc1.NC(=O)c1ccccc1.O=[N+]([O-])c1cccc([N+](=O)[O-])c1.O=[N+]([O-])c1ccccc1. The van der Waals surface area contributed by atoms with Crippen molar-refractivity contribution in [2.24, 2.45) is 11.7 Å². The number of nitrogens with zero attached hydrogens (tertiary/aromatic N) is 4. The number of rotatable bonds is 31. The Morgan fingerprint density at radius 1 is 0.419 bits per heavy atom. The highest BCUT2D eigenvalue weighted by atomic mass is 16.6. The highest BCUT2D eigenvalue weighted by Gasteiger charge is 2.16. The summed E-state index contributed by atoms with van der Waals surface area (Å²) in [5, 5.41) is 41.1. The first kappa shape index (κ1) is 101. The van der Waals surface area contributed by atoms with E-state index in [-0.39, 0.29) is 71.8 Å². The topological polar surface area (TPSA) is 379 Å². The molecule has 9 rings (SSSR count). The van der Waals surface area contributed by atoms with Crippen molar-refractivity contribution in [3.8, 4) is 0 Å². The molecular weight excluding hydrogens is 1490 g/mol. The van der Waals surface area contributed by atoms with Gasteiger partial charge in [0.15, 0.2) is 19.2 Å². The van der Waals surface area contributed by atoms with Crippen LogP contribution in [0.3, 0.4) is 0 Å². The van der Waals surface area contributed by atoms with Crippen LogP contribution >= 0.6 is 0 Å². The highest BCUT2D eigenvalue weighted by Crippen LogP contribution is 2.19. The third-order valence-electron chi connectivity index (χ3n) is 15.8. The fourth-order valence-corrected chi connectivity index (χ4v) is 9.17. The van der Waals surface area contributed by atoms with Crippen molar-refractivity contribution in [2.45, 2.75) is 113 Å². The molecule has 0 fully saturated rings. The first-order valence-electron chi connectivity index (χ1n) is 38.1. The zero-order valence-electron chi connectivity index (χ0n) is 67.6. The predicted molar refractivity (Wildman–Crippen MR) is 457 cm³/mol. The van der Waals surface area contributed by atoms with Gasteiger partial charge in [-0.05, 0) is 124 Å². The summed E-state index contributed by atoms with van der Waals surface area (Å²) >= 11 is 0. The number of carbonyl (C=O) groups excluding carboxylic acids is 9. The molecule has 1 unspecified atom stereocenters. The van der Waals surface area contributed by atoms with Gasteiger partial charge in [0.25, 0.3) is 46.6 Å². The lowest BCUT2D eigenvalue weighted by atomic mass is 9.99. The summed E-state index contributed by atoms with van der Waals surface area (Å²) in [4.78, 5) is 132. The van der Waals surface area contributed by atoms with Gasteiger partial charge in [0.2, 0.25) is 5.91 Å². The van der Waals surface area contributed by atoms with E-state index >= 15 is 0 Å². The van der Waals surface area contributed by atoms with E-state index in [1.54, 1.807) is 105 Å². The Balaban J connectivity index is 0.000000664. The van der Waals surface area contributed by atoms with E-state index < -0.39 is 26.7 Å². The van der Waals surface area contributed by atoms with Crippen molar-refractivity contribution < 1.29 is 67.4 Å². The summed E-state index contributed by atoms with van der Waals surface area (Å²) in [5.41, 5.74) is 9.52. The van der Waals surface area contributed by atoms with Gasteiger partial charge < -0.3 is 41.4 Å². The van der Waals surface area contributed by atoms with E-state index in [2.05, 4.69) is 73.8 Å². The molecule has 620 valence electrons. The minimum absolute atomic E-state index is 0.0223. The van der Waals surface area contributed by atoms with E-state index in [1.165, 1.54) is 49.6 Å². The number of nitrogens with one attached hydrogen (secondary N) is 4. The van der Waals surface area contributed by atoms with Crippen LogP contribution in [0.5, 0.6) is 0 Å². The number of ether oxygens (including phenoxy) is 2. The molecule has 0 aliphatic heterocycles. The molecule has 0 aliphatic carbocycles. The number of unbranched alkanes of at least 4 members (excludes halogenated alkanes) is 4. The number of nitro groups is 3. The Labute approximate surface area is 685 Å². The summed E-state index contributed by atoms with van der Waals surface area (Å²) in [6.45, 7) is 23.6. The quantitative estimate of drug-likeness (QED) is 0.00512. The second kappa shape index (κ2) is 63.6. The molecule has 0 saturated heterocycles. The number of ketones is 1. The van der Waals surface area contributed by atoms with Crippen LogP contribution in [0.15, 0.2) is 292 Å². The number of nitro benzene ring substituents is 3. The summed E-state index contributed by atoms with van der Waals surface area (Å²) in [6, 6.07) is 76.1. The van der Waals surface area contributed by atoms with Crippen molar-refractivity contribution in [3.05, 3.63) is 361 Å². The maximum atomic E-state index is 12.3. The molecule has 0 aliphatic rings. The molecule has 0 aromatic heterocycles. The number of Topliss-reactive ketones (excluding diaryl/α,β-unsaturated/α-hetero) is 1. The number of esters is 2. The molecule has 26 nitrogen and oxygen atoms in total. The number of primary amides is 1. The first-order chi connectivity index (χ1) is 56.3. The fourth-order valence-electron chi connectivity index (χ4n) is 9.17. The first-order valence-corrected chi connectivity index (χ1v) is 38.1. The van der Waals surface area contributed by atoms with Crippen molar-refractivity contribution in [2.75, 3.05) is 39.6 Å². The van der Waals surface area contributed by atoms with E-state index in [0.29, 0.717) is 28.2 Å². The molecule has 6 amide bonds. The lowest BCUT2D eigenvalue weighted by molar-refractivity contribution is -0.394. The molecule has 9 aromatic rings. The van der Waals surface area contributed by atoms with Gasteiger partial charge in [-0.15, -0.1) is 0 Å². The lowest BCUT2D eigenvalue weighted by Gasteiger charge is -2.22. The van der Waals surface area contributed by atoms with Gasteiger partial charge in [-0.2, -0.15) is 0 Å². The Bertz CT molecular complexity index is 4230. The second-order valence-corrected chi connectivity index (χ2v) is 25.0. The Morgan fingerprint density at radius 3 is 1.05 bits per heavy atom. The third kappa shape index (κ3) is 47.9. The number of non-ortho nitro benzene ring substituents is 3. The van der Waals surface area contributed by atoms with Gasteiger partial charge in [0.1, 0.15) is 0 Å². The van der Waals surface area contributed by atoms with Crippen LogP contribution in [0.25, 0.3) is 0 Å². The number of amides is 6. The second-order valence-electron chi connectivity index (χ2n) is 25.0. The summed E-state index contributed by atoms with van der Waals surface area (Å²) in [5.74, 6) is -1.06. The number of hydrogen-bond acceptors (Lipinski definition) is 17. The normalized spacial score (nSPS) is 9.77. The van der Waals surface area contributed by atoms with Crippen molar-refractivity contribution in [1.82, 2.24) is 26.2 Å². The minimum atomic E-state index is -0.674. The minimum Gasteiger partial charge on any atom is -0.441 e. The van der Waals surface area contributed by atoms with Gasteiger partial charge in [0, 0.05) is 101 Å². The largest absolute Gasteiger partial charge is 0.441 e. The van der Waals surface area contributed by atoms with Crippen molar-refractivity contribution >= 4 is 70.2 Å². The van der Waals surface area contributed by atoms with E-state index in [4.69, 9.17) is 10.5 Å². The predicted octanol–water partition coefficient (Wildman–Crippen LogP) is 17.9. The number of carbonyl (C=O) groups is 9. The highest BCUT2D eigenvalue weighted by molar-refractivity contribution is 5.97. The molecule has 0 spiro atoms. The zero-order chi connectivity index (χ0) is 86.8. The average molecular weight is 1600 g/mol. The van der Waals surface area contributed by atoms with Crippen molar-refractivity contribution in [1.29, 1.82) is 0 Å². The van der Waals surface area contributed by atoms with Gasteiger partial charge in [-0.25, -0.2) is 9.59 Å². The summed E-state index contributed by atoms with van der Waals surface area (Å²) in [6.07, 6.45) is 12.4. The maximum Gasteiger partial charge on any atom is 0.334 e. The Hall–Kier alpha value is -13.9.